The Labute approximate surface area is 649 Å². The van der Waals surface area contributed by atoms with Gasteiger partial charge in [-0.1, -0.05) is 312 Å². The Kier molecular flexibility index (Phi) is 76.2. The van der Waals surface area contributed by atoms with Gasteiger partial charge in [0.05, 0.1) is 26.4 Å². The molecule has 0 aromatic carbocycles. The normalized spacial score (nSPS) is 14.9. The molecule has 0 aromatic rings. The molecule has 18 heteroatoms. The Morgan fingerprint density at radius 1 is 0.262 bits per heavy atom. The zero-order valence-corrected chi connectivity index (χ0v) is 68.3. The number of esters is 3. The van der Waals surface area contributed by atoms with Gasteiger partial charge >= 0.3 is 33.6 Å². The summed E-state index contributed by atoms with van der Waals surface area (Å²) in [6, 6.07) is 0. The molecule has 0 fully saturated rings. The van der Waals surface area contributed by atoms with Gasteiger partial charge in [-0.3, -0.25) is 32.5 Å². The molecule has 608 valence electrons. The van der Waals surface area contributed by atoms with E-state index in [1.807, 2.05) is 0 Å². The van der Waals surface area contributed by atoms with Gasteiger partial charge in [-0.05, 0) is 154 Å². The second-order valence-corrected chi connectivity index (χ2v) is 29.7. The smallest absolute Gasteiger partial charge is 0.463 e. The standard InChI is InChI=1S/C89H146O16P2/c1-4-7-10-13-16-19-22-25-28-31-34-37-39-41-43-46-48-51-54-57-60-63-66-69-72-75-87(92)99-78-84(90)79-101-106(95,96)102-80-85(91)81-103-107(97,98)104-83-86(105-89(94)77-74-71-68-65-62-59-56-53-50-45-36-33-30-27-24-21-18-15-12-9-6-3)82-100-88(93)76-73-70-67-64-61-58-55-52-49-47-44-42-40-38-35-32-29-26-23-20-17-14-11-8-5-2/h7-12,16-21,25-30,34-38,41-45,53,56,84-86,90-91H,4-6,13-15,22-24,31-33,39-40,46-52,54-55,57-83H2,1-3H3,(H,95,96)(H,97,98)/b10-7-,11-8-,12-9-,19-16-,20-17-,21-18-,28-25-,29-26-,30-27-,37-34-,38-35-,43-41-,44-42-,45-36-,56-53-. The molecule has 5 unspecified atom stereocenters. The van der Waals surface area contributed by atoms with Crippen molar-refractivity contribution in [2.45, 2.75) is 322 Å². The van der Waals surface area contributed by atoms with Gasteiger partial charge in [-0.2, -0.15) is 0 Å². The molecule has 0 aliphatic rings. The summed E-state index contributed by atoms with van der Waals surface area (Å²) in [6.45, 7) is 2.30. The average molecular weight is 1530 g/mol. The van der Waals surface area contributed by atoms with Crippen LogP contribution in [-0.4, -0.2) is 95.9 Å². The Morgan fingerprint density at radius 2 is 0.467 bits per heavy atom. The van der Waals surface area contributed by atoms with E-state index in [4.69, 9.17) is 32.3 Å². The van der Waals surface area contributed by atoms with E-state index < -0.39 is 91.5 Å². The lowest BCUT2D eigenvalue weighted by Crippen LogP contribution is -2.30. The van der Waals surface area contributed by atoms with E-state index in [0.717, 1.165) is 193 Å². The molecular weight excluding hydrogens is 1390 g/mol. The highest BCUT2D eigenvalue weighted by molar-refractivity contribution is 7.47. The molecule has 0 aliphatic carbocycles. The lowest BCUT2D eigenvalue weighted by Gasteiger charge is -2.21. The van der Waals surface area contributed by atoms with Gasteiger partial charge in [0.2, 0.25) is 0 Å². The maximum Gasteiger partial charge on any atom is 0.472 e. The lowest BCUT2D eigenvalue weighted by molar-refractivity contribution is -0.161. The summed E-state index contributed by atoms with van der Waals surface area (Å²) in [5.74, 6) is -1.62. The fraction of sp³-hybridized carbons (Fsp3) is 0.629. The molecule has 0 heterocycles. The van der Waals surface area contributed by atoms with Gasteiger partial charge in [0.15, 0.2) is 6.10 Å². The SMILES string of the molecule is CC/C=C\C/C=C\C/C=C\C/C=C\C/C=C\CCCCCCCCCCCC(=O)OCC(O)COP(=O)(O)OCC(O)COP(=O)(O)OCC(COC(=O)CCCCCCCCCCC/C=C\C/C=C\C/C=C\C/C=C\C/C=C\CC)OC(=O)CCCCCCC/C=C\C/C=C\C/C=C\C/C=C\C/C=C\CC. The Balaban J connectivity index is 4.72. The molecule has 0 aromatic heterocycles. The minimum Gasteiger partial charge on any atom is -0.463 e. The van der Waals surface area contributed by atoms with Crippen LogP contribution in [0.1, 0.15) is 303 Å². The van der Waals surface area contributed by atoms with E-state index in [2.05, 4.69) is 203 Å². The number of ether oxygens (including phenoxy) is 3. The minimum atomic E-state index is -4.95. The van der Waals surface area contributed by atoms with Crippen LogP contribution in [-0.2, 0) is 55.8 Å². The van der Waals surface area contributed by atoms with Gasteiger partial charge in [0, 0.05) is 19.3 Å². The van der Waals surface area contributed by atoms with Gasteiger partial charge in [-0.15, -0.1) is 0 Å². The van der Waals surface area contributed by atoms with E-state index in [9.17, 15) is 43.5 Å². The summed E-state index contributed by atoms with van der Waals surface area (Å²) < 4.78 is 61.3. The zero-order chi connectivity index (χ0) is 78.0. The molecule has 4 N–H and O–H groups in total. The second kappa shape index (κ2) is 80.2. The summed E-state index contributed by atoms with van der Waals surface area (Å²) in [5, 5.41) is 20.7. The molecule has 107 heavy (non-hydrogen) atoms. The van der Waals surface area contributed by atoms with Crippen LogP contribution in [0, 0.1) is 0 Å². The molecular formula is C89H146O16P2. The van der Waals surface area contributed by atoms with Crippen molar-refractivity contribution in [3.8, 4) is 0 Å². The Bertz CT molecular complexity index is 2670. The molecule has 0 saturated carbocycles. The highest BCUT2D eigenvalue weighted by atomic mass is 31.2. The van der Waals surface area contributed by atoms with Gasteiger partial charge in [-0.25, -0.2) is 9.13 Å². The highest BCUT2D eigenvalue weighted by Gasteiger charge is 2.29. The molecule has 0 bridgehead atoms. The number of hydrogen-bond acceptors (Lipinski definition) is 14. The number of carbonyl (C=O) groups is 3. The first-order valence-electron chi connectivity index (χ1n) is 41.1. The van der Waals surface area contributed by atoms with E-state index in [1.165, 1.54) is 51.4 Å². The van der Waals surface area contributed by atoms with Gasteiger partial charge in [0.1, 0.15) is 25.4 Å². The average Bonchev–Trinajstić information content (AvgIpc) is 0.904. The number of phosphoric acid groups is 2. The third-order valence-electron chi connectivity index (χ3n) is 16.6. The van der Waals surface area contributed by atoms with Crippen LogP contribution in [0.15, 0.2) is 182 Å². The van der Waals surface area contributed by atoms with Crippen LogP contribution in [0.4, 0.5) is 0 Å². The predicted octanol–water partition coefficient (Wildman–Crippen LogP) is 24.5. The molecule has 0 saturated heterocycles. The first-order valence-corrected chi connectivity index (χ1v) is 44.1. The fourth-order valence-electron chi connectivity index (χ4n) is 10.5. The Hall–Kier alpha value is -5.35. The highest BCUT2D eigenvalue weighted by Crippen LogP contribution is 2.45. The van der Waals surface area contributed by atoms with Gasteiger partial charge in [0.25, 0.3) is 0 Å². The molecule has 5 atom stereocenters. The first-order chi connectivity index (χ1) is 52.2. The second-order valence-electron chi connectivity index (χ2n) is 26.8. The summed E-state index contributed by atoms with van der Waals surface area (Å²) in [7, 11) is -9.82. The van der Waals surface area contributed by atoms with Crippen molar-refractivity contribution >= 4 is 33.6 Å². The first kappa shape index (κ1) is 102. The number of hydrogen-bond donors (Lipinski definition) is 4. The van der Waals surface area contributed by atoms with Crippen molar-refractivity contribution in [2.75, 3.05) is 39.6 Å². The quantitative estimate of drug-likeness (QED) is 0.0146. The fourth-order valence-corrected chi connectivity index (χ4v) is 12.1. The maximum absolute atomic E-state index is 13.0. The summed E-state index contributed by atoms with van der Waals surface area (Å²) >= 11 is 0. The molecule has 0 amide bonds. The van der Waals surface area contributed by atoms with Crippen molar-refractivity contribution in [3.63, 3.8) is 0 Å². The molecule has 0 radical (unpaired) electrons. The molecule has 0 aliphatic heterocycles. The van der Waals surface area contributed by atoms with Crippen LogP contribution in [0.5, 0.6) is 0 Å². The number of aliphatic hydroxyl groups is 2. The van der Waals surface area contributed by atoms with Gasteiger partial charge < -0.3 is 34.2 Å². The van der Waals surface area contributed by atoms with E-state index in [1.54, 1.807) is 0 Å². The van der Waals surface area contributed by atoms with Crippen LogP contribution < -0.4 is 0 Å². The van der Waals surface area contributed by atoms with Crippen LogP contribution in [0.3, 0.4) is 0 Å². The molecule has 0 spiro atoms. The maximum atomic E-state index is 13.0. The van der Waals surface area contributed by atoms with E-state index in [0.29, 0.717) is 19.3 Å². The van der Waals surface area contributed by atoms with Crippen molar-refractivity contribution < 1.29 is 75.8 Å². The number of allylic oxidation sites excluding steroid dienone is 30. The number of rotatable bonds is 76. The number of phosphoric ester groups is 2. The number of carbonyl (C=O) groups excluding carboxylic acids is 3. The summed E-state index contributed by atoms with van der Waals surface area (Å²) in [5.41, 5.74) is 0. The Morgan fingerprint density at radius 3 is 0.738 bits per heavy atom. The van der Waals surface area contributed by atoms with Crippen molar-refractivity contribution in [1.29, 1.82) is 0 Å². The van der Waals surface area contributed by atoms with Crippen LogP contribution in [0.25, 0.3) is 0 Å². The lowest BCUT2D eigenvalue weighted by atomic mass is 10.1. The summed E-state index contributed by atoms with van der Waals surface area (Å²) in [4.78, 5) is 58.8. The monoisotopic (exact) mass is 1530 g/mol. The number of unbranched alkanes of at least 4 members (excludes halogenated alkanes) is 23. The molecule has 0 rings (SSSR count). The summed E-state index contributed by atoms with van der Waals surface area (Å²) in [6.07, 6.45) is 103. The van der Waals surface area contributed by atoms with Crippen LogP contribution >= 0.6 is 15.6 Å². The number of aliphatic hydroxyl groups excluding tert-OH is 2. The van der Waals surface area contributed by atoms with E-state index >= 15 is 0 Å². The largest absolute Gasteiger partial charge is 0.472 e. The topological polar surface area (TPSA) is 231 Å². The predicted molar refractivity (Wildman–Crippen MR) is 445 cm³/mol. The van der Waals surface area contributed by atoms with Crippen molar-refractivity contribution in [1.82, 2.24) is 0 Å². The zero-order valence-electron chi connectivity index (χ0n) is 66.5. The van der Waals surface area contributed by atoms with Crippen molar-refractivity contribution in [3.05, 3.63) is 182 Å². The minimum absolute atomic E-state index is 0.0741. The molecule has 16 nitrogen and oxygen atoms in total. The van der Waals surface area contributed by atoms with Crippen molar-refractivity contribution in [2.24, 2.45) is 0 Å². The third-order valence-corrected chi connectivity index (χ3v) is 18.5. The van der Waals surface area contributed by atoms with E-state index in [-0.39, 0.29) is 19.3 Å². The van der Waals surface area contributed by atoms with Crippen LogP contribution in [0.2, 0.25) is 0 Å². The third kappa shape index (κ3) is 81.5.